The Morgan fingerprint density at radius 2 is 0.684 bits per heavy atom. The van der Waals surface area contributed by atoms with E-state index in [2.05, 4.69) is 226 Å². The van der Waals surface area contributed by atoms with Crippen molar-refractivity contribution in [2.75, 3.05) is 0 Å². The Hall–Kier alpha value is -7.62. The summed E-state index contributed by atoms with van der Waals surface area (Å²) < 4.78 is 7.32. The molecule has 0 aliphatic carbocycles. The van der Waals surface area contributed by atoms with Crippen LogP contribution < -0.4 is 0 Å². The number of nitrogens with zero attached hydrogens (tertiary/aromatic N) is 3. The van der Waals surface area contributed by atoms with Crippen LogP contribution in [0.15, 0.2) is 212 Å². The molecule has 57 heavy (non-hydrogen) atoms. The quantitative estimate of drug-likeness (QED) is 0.168. The minimum Gasteiger partial charge on any atom is -0.309 e. The maximum absolute atomic E-state index is 2.45. The van der Waals surface area contributed by atoms with Gasteiger partial charge in [-0.15, -0.1) is 0 Å². The van der Waals surface area contributed by atoms with Crippen molar-refractivity contribution in [1.29, 1.82) is 0 Å². The first kappa shape index (κ1) is 31.7. The molecular formula is C54H35N3. The van der Waals surface area contributed by atoms with Gasteiger partial charge in [-0.05, 0) is 89.0 Å². The molecule has 0 amide bonds. The van der Waals surface area contributed by atoms with Crippen LogP contribution >= 0.6 is 0 Å². The minimum atomic E-state index is 1.14. The molecule has 12 aromatic rings. The van der Waals surface area contributed by atoms with Gasteiger partial charge in [0.05, 0.1) is 33.1 Å². The average molecular weight is 726 g/mol. The molecular weight excluding hydrogens is 691 g/mol. The monoisotopic (exact) mass is 725 g/mol. The molecule has 3 nitrogen and oxygen atoms in total. The number of hydrogen-bond acceptors (Lipinski definition) is 0. The first-order chi connectivity index (χ1) is 28.3. The number of benzene rings is 9. The summed E-state index contributed by atoms with van der Waals surface area (Å²) in [7, 11) is 0. The number of rotatable bonds is 5. The van der Waals surface area contributed by atoms with Gasteiger partial charge in [-0.2, -0.15) is 0 Å². The summed E-state index contributed by atoms with van der Waals surface area (Å²) in [5.74, 6) is 0. The highest BCUT2D eigenvalue weighted by atomic mass is 15.0. The van der Waals surface area contributed by atoms with E-state index >= 15 is 0 Å². The lowest BCUT2D eigenvalue weighted by atomic mass is 10.0. The summed E-state index contributed by atoms with van der Waals surface area (Å²) in [6, 6.07) is 77.4. The molecule has 0 spiro atoms. The van der Waals surface area contributed by atoms with E-state index in [1.807, 2.05) is 0 Å². The molecule has 0 saturated carbocycles. The van der Waals surface area contributed by atoms with E-state index in [-0.39, 0.29) is 0 Å². The number of para-hydroxylation sites is 4. The fourth-order valence-electron chi connectivity index (χ4n) is 9.34. The van der Waals surface area contributed by atoms with E-state index in [1.54, 1.807) is 0 Å². The smallest absolute Gasteiger partial charge is 0.0641 e. The van der Waals surface area contributed by atoms with Crippen LogP contribution in [0.4, 0.5) is 0 Å². The molecule has 3 heterocycles. The van der Waals surface area contributed by atoms with Crippen molar-refractivity contribution >= 4 is 65.4 Å². The van der Waals surface area contributed by atoms with E-state index in [1.165, 1.54) is 87.7 Å². The summed E-state index contributed by atoms with van der Waals surface area (Å²) in [4.78, 5) is 0. The largest absolute Gasteiger partial charge is 0.309 e. The van der Waals surface area contributed by atoms with Gasteiger partial charge in [0.1, 0.15) is 0 Å². The van der Waals surface area contributed by atoms with Crippen LogP contribution in [0.1, 0.15) is 0 Å². The van der Waals surface area contributed by atoms with Crippen molar-refractivity contribution in [3.63, 3.8) is 0 Å². The van der Waals surface area contributed by atoms with E-state index in [0.717, 1.165) is 17.1 Å². The number of aromatic nitrogens is 3. The Labute approximate surface area is 329 Å². The highest BCUT2D eigenvalue weighted by molar-refractivity contribution is 6.26. The highest BCUT2D eigenvalue weighted by Crippen LogP contribution is 2.43. The van der Waals surface area contributed by atoms with Crippen molar-refractivity contribution in [3.05, 3.63) is 212 Å². The van der Waals surface area contributed by atoms with Gasteiger partial charge in [-0.1, -0.05) is 146 Å². The molecule has 0 fully saturated rings. The molecule has 0 unspecified atom stereocenters. The van der Waals surface area contributed by atoms with Crippen molar-refractivity contribution in [1.82, 2.24) is 13.7 Å². The molecule has 0 radical (unpaired) electrons. The minimum absolute atomic E-state index is 1.14. The van der Waals surface area contributed by atoms with Gasteiger partial charge < -0.3 is 13.7 Å². The van der Waals surface area contributed by atoms with Crippen LogP contribution in [-0.4, -0.2) is 13.7 Å². The zero-order valence-electron chi connectivity index (χ0n) is 31.0. The second kappa shape index (κ2) is 12.5. The molecule has 0 aliphatic heterocycles. The number of hydrogen-bond donors (Lipinski definition) is 0. The lowest BCUT2D eigenvalue weighted by Gasteiger charge is -2.13. The van der Waals surface area contributed by atoms with E-state index in [4.69, 9.17) is 0 Å². The Kier molecular flexibility index (Phi) is 6.93. The fraction of sp³-hybridized carbons (Fsp3) is 0. The summed E-state index contributed by atoms with van der Waals surface area (Å²) >= 11 is 0. The Bertz CT molecular complexity index is 3510. The maximum atomic E-state index is 2.45. The Morgan fingerprint density at radius 3 is 1.39 bits per heavy atom. The molecule has 0 saturated heterocycles. The molecule has 266 valence electrons. The molecule has 12 rings (SSSR count). The normalized spacial score (nSPS) is 11.9. The molecule has 3 aromatic heterocycles. The highest BCUT2D eigenvalue weighted by Gasteiger charge is 2.21. The van der Waals surface area contributed by atoms with Crippen molar-refractivity contribution in [2.45, 2.75) is 0 Å². The summed E-state index contributed by atoms with van der Waals surface area (Å²) in [5, 5.41) is 7.52. The lowest BCUT2D eigenvalue weighted by Crippen LogP contribution is -1.96. The third kappa shape index (κ3) is 4.79. The van der Waals surface area contributed by atoms with Crippen LogP contribution in [0.5, 0.6) is 0 Å². The number of fused-ring (bicyclic) bond motifs is 10. The van der Waals surface area contributed by atoms with Gasteiger partial charge in [0.2, 0.25) is 0 Å². The first-order valence-corrected chi connectivity index (χ1v) is 19.6. The second-order valence-electron chi connectivity index (χ2n) is 14.9. The van der Waals surface area contributed by atoms with Crippen molar-refractivity contribution in [3.8, 4) is 39.3 Å². The van der Waals surface area contributed by atoms with Crippen LogP contribution in [0.25, 0.3) is 105 Å². The first-order valence-electron chi connectivity index (χ1n) is 19.6. The van der Waals surface area contributed by atoms with Gasteiger partial charge in [-0.25, -0.2) is 0 Å². The summed E-state index contributed by atoms with van der Waals surface area (Å²) in [6.45, 7) is 0. The molecule has 3 heteroatoms. The van der Waals surface area contributed by atoms with Gasteiger partial charge >= 0.3 is 0 Å². The van der Waals surface area contributed by atoms with Crippen molar-refractivity contribution in [2.24, 2.45) is 0 Å². The summed E-state index contributed by atoms with van der Waals surface area (Å²) in [6.07, 6.45) is 0. The topological polar surface area (TPSA) is 14.8 Å². The Balaban J connectivity index is 1.07. The molecule has 9 aromatic carbocycles. The fourth-order valence-corrected chi connectivity index (χ4v) is 9.34. The predicted molar refractivity (Wildman–Crippen MR) is 240 cm³/mol. The van der Waals surface area contributed by atoms with Crippen LogP contribution in [0.3, 0.4) is 0 Å². The van der Waals surface area contributed by atoms with Gasteiger partial charge in [0, 0.05) is 49.4 Å². The molecule has 0 atom stereocenters. The van der Waals surface area contributed by atoms with E-state index in [9.17, 15) is 0 Å². The lowest BCUT2D eigenvalue weighted by molar-refractivity contribution is 1.17. The zero-order valence-corrected chi connectivity index (χ0v) is 31.0. The Morgan fingerprint density at radius 1 is 0.228 bits per heavy atom. The average Bonchev–Trinajstić information content (AvgIpc) is 3.92. The standard InChI is InChI=1S/C54H35N3/c1-3-15-36(16-4-1)37-17-13-22-42(33-37)56-48-26-10-7-23-43(48)45-30-29-39(35-52(45)56)38-18-14-21-41(34-38)55-50-28-12-9-25-47(50)53-51(55)32-31-46-44-24-8-11-27-49(44)57(54(46)53)40-19-5-2-6-20-40/h1-35H. The third-order valence-corrected chi connectivity index (χ3v) is 11.8. The zero-order chi connectivity index (χ0) is 37.5. The van der Waals surface area contributed by atoms with Gasteiger partial charge in [0.15, 0.2) is 0 Å². The van der Waals surface area contributed by atoms with Crippen LogP contribution in [-0.2, 0) is 0 Å². The predicted octanol–water partition coefficient (Wildman–Crippen LogP) is 14.3. The third-order valence-electron chi connectivity index (χ3n) is 11.8. The molecule has 0 bridgehead atoms. The van der Waals surface area contributed by atoms with Crippen LogP contribution in [0, 0.1) is 0 Å². The van der Waals surface area contributed by atoms with E-state index < -0.39 is 0 Å². The second-order valence-corrected chi connectivity index (χ2v) is 14.9. The maximum Gasteiger partial charge on any atom is 0.0641 e. The van der Waals surface area contributed by atoms with Gasteiger partial charge in [0.25, 0.3) is 0 Å². The molecule has 0 N–H and O–H groups in total. The SMILES string of the molecule is c1ccc(-c2cccc(-n3c4ccccc4c4ccc(-c5cccc(-n6c7ccccc7c7c6ccc6c8ccccc8n(-c8ccccc8)c67)c5)cc43)c2)cc1. The summed E-state index contributed by atoms with van der Waals surface area (Å²) in [5.41, 5.74) is 15.4. The van der Waals surface area contributed by atoms with E-state index in [0.29, 0.717) is 0 Å². The van der Waals surface area contributed by atoms with Gasteiger partial charge in [-0.3, -0.25) is 0 Å². The molecule has 0 aliphatic rings. The van der Waals surface area contributed by atoms with Crippen molar-refractivity contribution < 1.29 is 0 Å². The van der Waals surface area contributed by atoms with Crippen LogP contribution in [0.2, 0.25) is 0 Å².